The van der Waals surface area contributed by atoms with Gasteiger partial charge in [0.25, 0.3) is 11.6 Å². The van der Waals surface area contributed by atoms with Crippen LogP contribution in [0.4, 0.5) is 17.1 Å². The van der Waals surface area contributed by atoms with E-state index in [1.54, 1.807) is 6.07 Å². The number of nitro benzene ring substituents is 2. The summed E-state index contributed by atoms with van der Waals surface area (Å²) in [4.78, 5) is 33.2. The van der Waals surface area contributed by atoms with E-state index in [-0.39, 0.29) is 27.8 Å². The van der Waals surface area contributed by atoms with Crippen molar-refractivity contribution < 1.29 is 19.4 Å². The molecule has 3 aromatic rings. The summed E-state index contributed by atoms with van der Waals surface area (Å²) in [6.07, 6.45) is 1.32. The number of carbonyl (C=O) groups is 1. The average Bonchev–Trinajstić information content (AvgIpc) is 2.81. The molecule has 1 amide bonds. The summed E-state index contributed by atoms with van der Waals surface area (Å²) in [7, 11) is 0. The van der Waals surface area contributed by atoms with Gasteiger partial charge in [0.05, 0.1) is 31.1 Å². The standard InChI is InChI=1S/C22H11BrCl2N4O6/c23-16-8-12(7-13(11-26)22(30)27-18-9-14(24)2-4-17(18)25)1-5-20(16)35-21-6-3-15(28(31)32)10-19(21)29(33)34/h1-10H,(H,27,30)/b13-7+. The molecule has 3 aromatic carbocycles. The second kappa shape index (κ2) is 11.0. The molecule has 0 saturated carbocycles. The third-order valence-electron chi connectivity index (χ3n) is 4.38. The Hall–Kier alpha value is -3.98. The number of nitrogens with one attached hydrogen (secondary N) is 1. The number of non-ortho nitro benzene ring substituents is 1. The zero-order chi connectivity index (χ0) is 25.7. The van der Waals surface area contributed by atoms with Crippen molar-refractivity contribution in [3.8, 4) is 17.6 Å². The minimum absolute atomic E-state index is 0.160. The molecule has 0 spiro atoms. The summed E-state index contributed by atoms with van der Waals surface area (Å²) < 4.78 is 5.91. The summed E-state index contributed by atoms with van der Waals surface area (Å²) in [5, 5.41) is 34.8. The van der Waals surface area contributed by atoms with Gasteiger partial charge in [0.1, 0.15) is 17.4 Å². The number of amides is 1. The lowest BCUT2D eigenvalue weighted by molar-refractivity contribution is -0.394. The molecule has 176 valence electrons. The number of carbonyl (C=O) groups excluding carboxylic acids is 1. The number of nitro groups is 2. The topological polar surface area (TPSA) is 148 Å². The molecule has 0 aromatic heterocycles. The van der Waals surface area contributed by atoms with Gasteiger partial charge in [-0.15, -0.1) is 0 Å². The van der Waals surface area contributed by atoms with Crippen LogP contribution in [0.15, 0.2) is 64.6 Å². The molecular formula is C22H11BrCl2N4O6. The first-order valence-electron chi connectivity index (χ1n) is 9.37. The van der Waals surface area contributed by atoms with Crippen LogP contribution < -0.4 is 10.1 Å². The van der Waals surface area contributed by atoms with Gasteiger partial charge in [-0.05, 0) is 64.0 Å². The van der Waals surface area contributed by atoms with Crippen LogP contribution in [0.5, 0.6) is 11.5 Å². The molecule has 13 heteroatoms. The van der Waals surface area contributed by atoms with Gasteiger partial charge >= 0.3 is 5.69 Å². The van der Waals surface area contributed by atoms with Gasteiger partial charge in [0.15, 0.2) is 0 Å². The molecule has 0 bridgehead atoms. The lowest BCUT2D eigenvalue weighted by Crippen LogP contribution is -2.13. The van der Waals surface area contributed by atoms with Crippen LogP contribution in [-0.4, -0.2) is 15.8 Å². The molecule has 3 rings (SSSR count). The fourth-order valence-electron chi connectivity index (χ4n) is 2.75. The van der Waals surface area contributed by atoms with Crippen LogP contribution >= 0.6 is 39.1 Å². The highest BCUT2D eigenvalue weighted by Crippen LogP contribution is 2.37. The largest absolute Gasteiger partial charge is 0.449 e. The second-order valence-electron chi connectivity index (χ2n) is 6.71. The maximum Gasteiger partial charge on any atom is 0.318 e. The molecule has 0 atom stereocenters. The smallest absolute Gasteiger partial charge is 0.318 e. The molecule has 0 aliphatic rings. The van der Waals surface area contributed by atoms with Crippen molar-refractivity contribution in [3.05, 3.63) is 100 Å². The van der Waals surface area contributed by atoms with Crippen LogP contribution in [-0.2, 0) is 4.79 Å². The lowest BCUT2D eigenvalue weighted by atomic mass is 10.1. The highest BCUT2D eigenvalue weighted by Gasteiger charge is 2.22. The molecule has 10 nitrogen and oxygen atoms in total. The van der Waals surface area contributed by atoms with Crippen molar-refractivity contribution in [3.63, 3.8) is 0 Å². The molecule has 0 radical (unpaired) electrons. The van der Waals surface area contributed by atoms with E-state index >= 15 is 0 Å². The number of halogens is 3. The van der Waals surface area contributed by atoms with Crippen molar-refractivity contribution >= 4 is 68.2 Å². The van der Waals surface area contributed by atoms with Gasteiger partial charge in [0.2, 0.25) is 5.75 Å². The van der Waals surface area contributed by atoms with E-state index in [2.05, 4.69) is 21.2 Å². The average molecular weight is 578 g/mol. The fourth-order valence-corrected chi connectivity index (χ4v) is 3.57. The van der Waals surface area contributed by atoms with E-state index in [0.29, 0.717) is 15.1 Å². The lowest BCUT2D eigenvalue weighted by Gasteiger charge is -2.09. The first-order valence-corrected chi connectivity index (χ1v) is 10.9. The normalized spacial score (nSPS) is 10.9. The third-order valence-corrected chi connectivity index (χ3v) is 5.56. The number of rotatable bonds is 7. The van der Waals surface area contributed by atoms with E-state index in [0.717, 1.165) is 18.2 Å². The van der Waals surface area contributed by atoms with Crippen molar-refractivity contribution in [2.24, 2.45) is 0 Å². The molecule has 0 aliphatic carbocycles. The molecular weight excluding hydrogens is 567 g/mol. The molecule has 35 heavy (non-hydrogen) atoms. The van der Waals surface area contributed by atoms with Crippen LogP contribution in [0.1, 0.15) is 5.56 Å². The summed E-state index contributed by atoms with van der Waals surface area (Å²) in [6.45, 7) is 0. The highest BCUT2D eigenvalue weighted by molar-refractivity contribution is 9.10. The fraction of sp³-hybridized carbons (Fsp3) is 0. The summed E-state index contributed by atoms with van der Waals surface area (Å²) in [6, 6.07) is 13.8. The Labute approximate surface area is 215 Å². The van der Waals surface area contributed by atoms with Crippen molar-refractivity contribution in [1.29, 1.82) is 5.26 Å². The number of ether oxygens (including phenoxy) is 1. The Kier molecular flexibility index (Phi) is 8.03. The quantitative estimate of drug-likeness (QED) is 0.139. The monoisotopic (exact) mass is 576 g/mol. The number of benzene rings is 3. The third kappa shape index (κ3) is 6.33. The Morgan fingerprint density at radius 3 is 2.37 bits per heavy atom. The number of hydrogen-bond donors (Lipinski definition) is 1. The Morgan fingerprint density at radius 1 is 1.03 bits per heavy atom. The molecule has 0 fully saturated rings. The maximum atomic E-state index is 12.5. The van der Waals surface area contributed by atoms with Crippen molar-refractivity contribution in [2.75, 3.05) is 5.32 Å². The van der Waals surface area contributed by atoms with Crippen LogP contribution in [0.3, 0.4) is 0 Å². The number of nitriles is 1. The molecule has 0 aliphatic heterocycles. The van der Waals surface area contributed by atoms with Gasteiger partial charge in [0, 0.05) is 11.1 Å². The van der Waals surface area contributed by atoms with E-state index in [1.807, 2.05) is 6.07 Å². The van der Waals surface area contributed by atoms with E-state index in [1.165, 1.54) is 36.4 Å². The second-order valence-corrected chi connectivity index (χ2v) is 8.40. The zero-order valence-corrected chi connectivity index (χ0v) is 20.3. The number of anilines is 1. The van der Waals surface area contributed by atoms with Gasteiger partial charge in [-0.3, -0.25) is 25.0 Å². The molecule has 0 heterocycles. The predicted octanol–water partition coefficient (Wildman–Crippen LogP) is 6.91. The predicted molar refractivity (Wildman–Crippen MR) is 133 cm³/mol. The van der Waals surface area contributed by atoms with Crippen LogP contribution in [0.25, 0.3) is 6.08 Å². The van der Waals surface area contributed by atoms with Gasteiger partial charge < -0.3 is 10.1 Å². The van der Waals surface area contributed by atoms with E-state index in [9.17, 15) is 30.3 Å². The van der Waals surface area contributed by atoms with Crippen molar-refractivity contribution in [2.45, 2.75) is 0 Å². The van der Waals surface area contributed by atoms with Crippen LogP contribution in [0, 0.1) is 31.6 Å². The van der Waals surface area contributed by atoms with Crippen molar-refractivity contribution in [1.82, 2.24) is 0 Å². The highest BCUT2D eigenvalue weighted by atomic mass is 79.9. The SMILES string of the molecule is N#C/C(=C\c1ccc(Oc2ccc([N+](=O)[O-])cc2[N+](=O)[O-])c(Br)c1)C(=O)Nc1cc(Cl)ccc1Cl. The summed E-state index contributed by atoms with van der Waals surface area (Å²) >= 11 is 15.2. The first kappa shape index (κ1) is 25.6. The van der Waals surface area contributed by atoms with Gasteiger partial charge in [-0.2, -0.15) is 5.26 Å². The number of nitrogens with zero attached hydrogens (tertiary/aromatic N) is 3. The molecule has 0 unspecified atom stereocenters. The minimum atomic E-state index is -0.794. The summed E-state index contributed by atoms with van der Waals surface area (Å²) in [5.74, 6) is -0.762. The van der Waals surface area contributed by atoms with Gasteiger partial charge in [-0.1, -0.05) is 29.3 Å². The first-order chi connectivity index (χ1) is 16.6. The minimum Gasteiger partial charge on any atom is -0.449 e. The Bertz CT molecular complexity index is 1440. The van der Waals surface area contributed by atoms with Crippen LogP contribution in [0.2, 0.25) is 10.0 Å². The zero-order valence-electron chi connectivity index (χ0n) is 17.2. The molecule has 0 saturated heterocycles. The summed E-state index contributed by atoms with van der Waals surface area (Å²) in [5.41, 5.74) is -0.595. The Morgan fingerprint density at radius 2 is 1.74 bits per heavy atom. The Balaban J connectivity index is 1.85. The van der Waals surface area contributed by atoms with Gasteiger partial charge in [-0.25, -0.2) is 0 Å². The number of hydrogen-bond acceptors (Lipinski definition) is 7. The maximum absolute atomic E-state index is 12.5. The van der Waals surface area contributed by atoms with E-state index < -0.39 is 27.1 Å². The van der Waals surface area contributed by atoms with E-state index in [4.69, 9.17) is 27.9 Å². The molecule has 1 N–H and O–H groups in total.